The Kier molecular flexibility index (Phi) is 13.4. The number of hydrogen-bond acceptors (Lipinski definition) is 5. The number of benzene rings is 3. The molecule has 0 saturated carbocycles. The number of carboxylic acid groups (broad SMARTS) is 1. The number of aliphatic hydroxyl groups excluding tert-OH is 2. The Bertz CT molecular complexity index is 1520. The van der Waals surface area contributed by atoms with Gasteiger partial charge in [-0.25, -0.2) is 0 Å². The number of aliphatic carboxylic acids is 1. The largest absolute Gasteiger partial charge is 1.00 e. The minimum absolute atomic E-state index is 0. The van der Waals surface area contributed by atoms with Crippen molar-refractivity contribution in [3.05, 3.63) is 102 Å². The summed E-state index contributed by atoms with van der Waals surface area (Å²) < 4.78 is 2.06. The van der Waals surface area contributed by atoms with Gasteiger partial charge in [0, 0.05) is 35.3 Å². The van der Waals surface area contributed by atoms with Crippen LogP contribution in [0.25, 0.3) is 22.3 Å². The molecule has 7 nitrogen and oxygen atoms in total. The summed E-state index contributed by atoms with van der Waals surface area (Å²) in [6.45, 7) is 6.03. The average molecular weight is 623 g/mol. The van der Waals surface area contributed by atoms with Crippen LogP contribution in [0.2, 0.25) is 0 Å². The van der Waals surface area contributed by atoms with E-state index in [1.54, 1.807) is 0 Å². The molecule has 3 N–H and O–H groups in total. The van der Waals surface area contributed by atoms with Gasteiger partial charge in [-0.15, -0.1) is 9.24 Å². The van der Waals surface area contributed by atoms with Gasteiger partial charge in [0.15, 0.2) is 0 Å². The van der Waals surface area contributed by atoms with Crippen molar-refractivity contribution in [1.82, 2.24) is 9.88 Å². The van der Waals surface area contributed by atoms with Crippen molar-refractivity contribution >= 4 is 26.4 Å². The maximum atomic E-state index is 14.3. The molecule has 4 atom stereocenters. The number of carbonyl (C=O) groups excluding carboxylic acids is 2. The van der Waals surface area contributed by atoms with Crippen molar-refractivity contribution in [2.75, 3.05) is 0 Å². The molecule has 0 bridgehead atoms. The summed E-state index contributed by atoms with van der Waals surface area (Å²) >= 11 is 0. The summed E-state index contributed by atoms with van der Waals surface area (Å²) in [7, 11) is 2.70. The Morgan fingerprint density at radius 2 is 1.41 bits per heavy atom. The number of rotatable bonds is 13. The summed E-state index contributed by atoms with van der Waals surface area (Å²) in [5.41, 5.74) is 5.97. The molecule has 226 valence electrons. The Labute approximate surface area is 284 Å². The molecule has 0 aliphatic heterocycles. The van der Waals surface area contributed by atoms with Gasteiger partial charge in [-0.2, -0.15) is 0 Å². The SMILES string of the molecule is CC(C)n1c(CCC(O)CC(O)CC(=O)[O-])c(-c2ccc(P)cc2)c(-c2ccccc2)c1C(=O)N[C@@H](C)c1ccccc1.[Na+]. The normalized spacial score (nSPS) is 13.2. The minimum atomic E-state index is -1.36. The first-order chi connectivity index (χ1) is 20.6. The molecule has 9 heteroatoms. The van der Waals surface area contributed by atoms with E-state index >= 15 is 0 Å². The molecule has 4 aromatic rings. The van der Waals surface area contributed by atoms with Crippen molar-refractivity contribution in [3.8, 4) is 22.3 Å². The van der Waals surface area contributed by atoms with Crippen molar-refractivity contribution in [1.29, 1.82) is 0 Å². The van der Waals surface area contributed by atoms with Crippen LogP contribution in [0.15, 0.2) is 84.9 Å². The quantitative estimate of drug-likeness (QED) is 0.155. The fourth-order valence-corrected chi connectivity index (χ4v) is 5.82. The van der Waals surface area contributed by atoms with Crippen LogP contribution in [0.1, 0.15) is 73.9 Å². The van der Waals surface area contributed by atoms with Gasteiger partial charge in [0.05, 0.1) is 18.2 Å². The van der Waals surface area contributed by atoms with Gasteiger partial charge in [0.1, 0.15) is 5.69 Å². The van der Waals surface area contributed by atoms with Gasteiger partial charge >= 0.3 is 29.6 Å². The molecule has 0 aliphatic carbocycles. The van der Waals surface area contributed by atoms with E-state index in [-0.39, 0.29) is 60.4 Å². The van der Waals surface area contributed by atoms with Crippen LogP contribution in [0.5, 0.6) is 0 Å². The maximum Gasteiger partial charge on any atom is 1.00 e. The topological polar surface area (TPSA) is 115 Å². The Hall–Kier alpha value is -2.77. The van der Waals surface area contributed by atoms with Crippen LogP contribution in [0, 0.1) is 0 Å². The van der Waals surface area contributed by atoms with Gasteiger partial charge in [-0.1, -0.05) is 84.9 Å². The van der Waals surface area contributed by atoms with Gasteiger partial charge in [0.25, 0.3) is 5.91 Å². The number of hydrogen-bond donors (Lipinski definition) is 3. The molecule has 0 fully saturated rings. The third-order valence-corrected chi connectivity index (χ3v) is 7.99. The molecule has 1 amide bonds. The molecule has 0 spiro atoms. The van der Waals surface area contributed by atoms with Crippen LogP contribution < -0.4 is 45.3 Å². The summed E-state index contributed by atoms with van der Waals surface area (Å²) in [5, 5.41) is 36.1. The van der Waals surface area contributed by atoms with Crippen LogP contribution in [-0.2, 0) is 11.2 Å². The fourth-order valence-electron chi connectivity index (χ4n) is 5.62. The molecule has 0 saturated heterocycles. The molecule has 3 aromatic carbocycles. The third kappa shape index (κ3) is 8.91. The average Bonchev–Trinajstić information content (AvgIpc) is 3.32. The molecule has 1 aromatic heterocycles. The van der Waals surface area contributed by atoms with Crippen molar-refractivity contribution in [2.45, 2.75) is 70.7 Å². The second-order valence-electron chi connectivity index (χ2n) is 11.3. The standard InChI is InChI=1S/C35H41N2O5P.Na/c1-22(2)37-30(19-16-27(38)20-28(39)21-31(40)41)32(26-14-17-29(43)18-15-26)33(25-12-8-5-9-13-25)34(37)35(42)36-23(3)24-10-6-4-7-11-24;/h4-15,17-18,22-23,27-28,38-39H,16,19-21,43H2,1-3H3,(H,36,42)(H,40,41);/q;+1/p-1/t23-,27?,28?;/m0./s1. The number of carbonyl (C=O) groups is 2. The van der Waals surface area contributed by atoms with Gasteiger partial charge < -0.3 is 30.0 Å². The van der Waals surface area contributed by atoms with E-state index in [1.165, 1.54) is 0 Å². The summed E-state index contributed by atoms with van der Waals surface area (Å²) in [6, 6.07) is 27.4. The van der Waals surface area contributed by atoms with E-state index in [1.807, 2.05) is 106 Å². The predicted molar refractivity (Wildman–Crippen MR) is 172 cm³/mol. The number of nitrogens with zero attached hydrogens (tertiary/aromatic N) is 1. The Balaban J connectivity index is 0.00000529. The molecule has 0 aliphatic rings. The monoisotopic (exact) mass is 622 g/mol. The number of aliphatic hydroxyl groups is 2. The summed E-state index contributed by atoms with van der Waals surface area (Å²) in [6.07, 6.45) is -2.09. The molecular weight excluding hydrogens is 582 g/mol. The van der Waals surface area contributed by atoms with E-state index in [0.717, 1.165) is 38.8 Å². The van der Waals surface area contributed by atoms with E-state index < -0.39 is 24.6 Å². The van der Waals surface area contributed by atoms with Crippen LogP contribution >= 0.6 is 9.24 Å². The zero-order valence-corrected chi connectivity index (χ0v) is 29.0. The second kappa shape index (κ2) is 16.5. The van der Waals surface area contributed by atoms with Gasteiger partial charge in [0.2, 0.25) is 0 Å². The molecule has 3 unspecified atom stereocenters. The molecule has 0 radical (unpaired) electrons. The second-order valence-corrected chi connectivity index (χ2v) is 11.9. The van der Waals surface area contributed by atoms with Crippen molar-refractivity contribution < 1.29 is 54.5 Å². The van der Waals surface area contributed by atoms with E-state index in [2.05, 4.69) is 19.1 Å². The summed E-state index contributed by atoms with van der Waals surface area (Å²) in [4.78, 5) is 25.2. The molecular formula is C35H40N2NaO5P. The molecule has 1 heterocycles. The Morgan fingerprint density at radius 1 is 0.841 bits per heavy atom. The first kappa shape index (κ1) is 35.7. The predicted octanol–water partition coefficient (Wildman–Crippen LogP) is 1.58. The summed E-state index contributed by atoms with van der Waals surface area (Å²) in [5.74, 6) is -1.56. The number of carboxylic acids is 1. The first-order valence-electron chi connectivity index (χ1n) is 14.7. The minimum Gasteiger partial charge on any atom is -0.550 e. The zero-order chi connectivity index (χ0) is 31.1. The first-order valence-corrected chi connectivity index (χ1v) is 15.2. The Morgan fingerprint density at radius 3 is 1.98 bits per heavy atom. The van der Waals surface area contributed by atoms with Crippen LogP contribution in [0.3, 0.4) is 0 Å². The molecule has 4 rings (SSSR count). The van der Waals surface area contributed by atoms with Crippen molar-refractivity contribution in [2.24, 2.45) is 0 Å². The van der Waals surface area contributed by atoms with E-state index in [0.29, 0.717) is 12.1 Å². The van der Waals surface area contributed by atoms with E-state index in [4.69, 9.17) is 0 Å². The third-order valence-electron chi connectivity index (χ3n) is 7.61. The van der Waals surface area contributed by atoms with E-state index in [9.17, 15) is 24.9 Å². The van der Waals surface area contributed by atoms with Crippen LogP contribution in [0.4, 0.5) is 0 Å². The zero-order valence-electron chi connectivity index (χ0n) is 25.9. The smallest absolute Gasteiger partial charge is 0.550 e. The molecule has 44 heavy (non-hydrogen) atoms. The van der Waals surface area contributed by atoms with Crippen molar-refractivity contribution in [3.63, 3.8) is 0 Å². The maximum absolute atomic E-state index is 14.3. The fraction of sp³-hybridized carbons (Fsp3) is 0.314. The number of aromatic nitrogens is 1. The number of nitrogens with one attached hydrogen (secondary N) is 1. The van der Waals surface area contributed by atoms with Gasteiger partial charge in [-0.3, -0.25) is 4.79 Å². The number of amides is 1. The van der Waals surface area contributed by atoms with Gasteiger partial charge in [-0.05, 0) is 62.0 Å². The van der Waals surface area contributed by atoms with Crippen LogP contribution in [-0.4, -0.2) is 38.9 Å².